The van der Waals surface area contributed by atoms with Crippen LogP contribution in [0.2, 0.25) is 0 Å². The molecule has 3 nitrogen and oxygen atoms in total. The molecule has 2 N–H and O–H groups in total. The van der Waals surface area contributed by atoms with E-state index in [4.69, 9.17) is 5.73 Å². The molecule has 1 aromatic heterocycles. The Hall–Kier alpha value is -1.61. The monoisotopic (exact) mass is 229 g/mol. The average molecular weight is 229 g/mol. The third-order valence-corrected chi connectivity index (χ3v) is 3.10. The lowest BCUT2D eigenvalue weighted by molar-refractivity contribution is 0.465. The first-order chi connectivity index (χ1) is 8.13. The summed E-state index contributed by atoms with van der Waals surface area (Å²) in [6.45, 7) is 5.10. The number of benzene rings is 1. The van der Waals surface area contributed by atoms with Crippen LogP contribution in [-0.2, 0) is 18.5 Å². The SMILES string of the molecule is CCn1ccnc1CC(C)(N)c1ccccc1. The average Bonchev–Trinajstić information content (AvgIpc) is 2.77. The Balaban J connectivity index is 2.23. The second-order valence-electron chi connectivity index (χ2n) is 4.59. The quantitative estimate of drug-likeness (QED) is 0.874. The molecule has 0 saturated carbocycles. The number of nitrogens with two attached hydrogens (primary N) is 1. The molecule has 1 unspecified atom stereocenters. The van der Waals surface area contributed by atoms with E-state index in [9.17, 15) is 0 Å². The van der Waals surface area contributed by atoms with E-state index in [1.165, 1.54) is 0 Å². The summed E-state index contributed by atoms with van der Waals surface area (Å²) in [5.41, 5.74) is 7.17. The van der Waals surface area contributed by atoms with Crippen molar-refractivity contribution in [1.29, 1.82) is 0 Å². The maximum atomic E-state index is 6.40. The van der Waals surface area contributed by atoms with Gasteiger partial charge in [0.1, 0.15) is 5.82 Å². The van der Waals surface area contributed by atoms with Crippen LogP contribution in [-0.4, -0.2) is 9.55 Å². The molecule has 0 spiro atoms. The van der Waals surface area contributed by atoms with Gasteiger partial charge < -0.3 is 10.3 Å². The van der Waals surface area contributed by atoms with Crippen LogP contribution in [0.1, 0.15) is 25.2 Å². The second kappa shape index (κ2) is 4.72. The molecule has 1 heterocycles. The van der Waals surface area contributed by atoms with E-state index >= 15 is 0 Å². The molecule has 0 fully saturated rings. The fourth-order valence-electron chi connectivity index (χ4n) is 2.04. The van der Waals surface area contributed by atoms with Crippen molar-refractivity contribution in [1.82, 2.24) is 9.55 Å². The molecular weight excluding hydrogens is 210 g/mol. The molecular formula is C14H19N3. The summed E-state index contributed by atoms with van der Waals surface area (Å²) in [5, 5.41) is 0. The number of hydrogen-bond donors (Lipinski definition) is 1. The summed E-state index contributed by atoms with van der Waals surface area (Å²) < 4.78 is 2.13. The second-order valence-corrected chi connectivity index (χ2v) is 4.59. The van der Waals surface area contributed by atoms with Gasteiger partial charge in [-0.3, -0.25) is 0 Å². The lowest BCUT2D eigenvalue weighted by Gasteiger charge is -2.25. The van der Waals surface area contributed by atoms with Crippen molar-refractivity contribution < 1.29 is 0 Å². The van der Waals surface area contributed by atoms with E-state index in [0.29, 0.717) is 0 Å². The molecule has 0 saturated heterocycles. The van der Waals surface area contributed by atoms with Crippen molar-refractivity contribution in [3.63, 3.8) is 0 Å². The standard InChI is InChI=1S/C14H19N3/c1-3-17-10-9-16-13(17)11-14(2,15)12-7-5-4-6-8-12/h4-10H,3,11,15H2,1-2H3. The summed E-state index contributed by atoms with van der Waals surface area (Å²) >= 11 is 0. The number of rotatable bonds is 4. The Bertz CT molecular complexity index is 471. The smallest absolute Gasteiger partial charge is 0.110 e. The maximum absolute atomic E-state index is 6.40. The highest BCUT2D eigenvalue weighted by Gasteiger charge is 2.23. The Morgan fingerprint density at radius 3 is 2.65 bits per heavy atom. The van der Waals surface area contributed by atoms with E-state index in [0.717, 1.165) is 24.4 Å². The van der Waals surface area contributed by atoms with Gasteiger partial charge in [-0.2, -0.15) is 0 Å². The molecule has 17 heavy (non-hydrogen) atoms. The van der Waals surface area contributed by atoms with Crippen LogP contribution in [0, 0.1) is 0 Å². The maximum Gasteiger partial charge on any atom is 0.110 e. The van der Waals surface area contributed by atoms with E-state index < -0.39 is 0 Å². The van der Waals surface area contributed by atoms with Gasteiger partial charge in [-0.1, -0.05) is 30.3 Å². The molecule has 0 bridgehead atoms. The summed E-state index contributed by atoms with van der Waals surface area (Å²) in [6, 6.07) is 10.2. The summed E-state index contributed by atoms with van der Waals surface area (Å²) in [5.74, 6) is 1.04. The largest absolute Gasteiger partial charge is 0.335 e. The Labute approximate surface area is 102 Å². The fourth-order valence-corrected chi connectivity index (χ4v) is 2.04. The van der Waals surface area contributed by atoms with Gasteiger partial charge in [0.05, 0.1) is 0 Å². The Morgan fingerprint density at radius 2 is 2.00 bits per heavy atom. The van der Waals surface area contributed by atoms with E-state index in [1.807, 2.05) is 30.6 Å². The van der Waals surface area contributed by atoms with Gasteiger partial charge in [-0.05, 0) is 19.4 Å². The van der Waals surface area contributed by atoms with Crippen LogP contribution in [0.5, 0.6) is 0 Å². The number of nitrogens with zero attached hydrogens (tertiary/aromatic N) is 2. The molecule has 0 radical (unpaired) electrons. The zero-order valence-corrected chi connectivity index (χ0v) is 10.4. The van der Waals surface area contributed by atoms with Gasteiger partial charge >= 0.3 is 0 Å². The molecule has 0 aliphatic carbocycles. The minimum atomic E-state index is -0.375. The predicted octanol–water partition coefficient (Wildman–Crippen LogP) is 2.32. The molecule has 0 amide bonds. The molecule has 1 aromatic carbocycles. The van der Waals surface area contributed by atoms with Gasteiger partial charge in [0.15, 0.2) is 0 Å². The van der Waals surface area contributed by atoms with Gasteiger partial charge in [-0.25, -0.2) is 4.98 Å². The first-order valence-electron chi connectivity index (χ1n) is 5.98. The molecule has 1 atom stereocenters. The molecule has 2 aromatic rings. The lowest BCUT2D eigenvalue weighted by atomic mass is 9.89. The highest BCUT2D eigenvalue weighted by Crippen LogP contribution is 2.21. The minimum absolute atomic E-state index is 0.375. The van der Waals surface area contributed by atoms with Crippen LogP contribution < -0.4 is 5.73 Å². The summed E-state index contributed by atoms with van der Waals surface area (Å²) in [4.78, 5) is 4.38. The first-order valence-corrected chi connectivity index (χ1v) is 5.98. The zero-order chi connectivity index (χ0) is 12.3. The van der Waals surface area contributed by atoms with Crippen molar-refractivity contribution in [3.05, 3.63) is 54.1 Å². The Kier molecular flexibility index (Phi) is 3.29. The van der Waals surface area contributed by atoms with Gasteiger partial charge in [0.2, 0.25) is 0 Å². The first kappa shape index (κ1) is 11.9. The van der Waals surface area contributed by atoms with Gasteiger partial charge in [0, 0.05) is 30.9 Å². The van der Waals surface area contributed by atoms with Gasteiger partial charge in [-0.15, -0.1) is 0 Å². The van der Waals surface area contributed by atoms with Crippen LogP contribution in [0.15, 0.2) is 42.7 Å². The van der Waals surface area contributed by atoms with Crippen molar-refractivity contribution in [2.45, 2.75) is 32.4 Å². The molecule has 2 rings (SSSR count). The highest BCUT2D eigenvalue weighted by molar-refractivity contribution is 5.24. The number of hydrogen-bond acceptors (Lipinski definition) is 2. The highest BCUT2D eigenvalue weighted by atomic mass is 15.1. The lowest BCUT2D eigenvalue weighted by Crippen LogP contribution is -2.36. The molecule has 0 aliphatic rings. The Morgan fingerprint density at radius 1 is 1.29 bits per heavy atom. The number of imidazole rings is 1. The van der Waals surface area contributed by atoms with Gasteiger partial charge in [0.25, 0.3) is 0 Å². The molecule has 90 valence electrons. The number of aryl methyl sites for hydroxylation is 1. The minimum Gasteiger partial charge on any atom is -0.335 e. The summed E-state index contributed by atoms with van der Waals surface area (Å²) in [7, 11) is 0. The third-order valence-electron chi connectivity index (χ3n) is 3.10. The van der Waals surface area contributed by atoms with Crippen LogP contribution >= 0.6 is 0 Å². The van der Waals surface area contributed by atoms with E-state index in [-0.39, 0.29) is 5.54 Å². The molecule has 3 heteroatoms. The predicted molar refractivity (Wildman–Crippen MR) is 69.6 cm³/mol. The fraction of sp³-hybridized carbons (Fsp3) is 0.357. The third kappa shape index (κ3) is 2.56. The number of aromatic nitrogens is 2. The topological polar surface area (TPSA) is 43.8 Å². The normalized spacial score (nSPS) is 14.5. The van der Waals surface area contributed by atoms with Crippen molar-refractivity contribution in [2.24, 2.45) is 5.73 Å². The zero-order valence-electron chi connectivity index (χ0n) is 10.4. The van der Waals surface area contributed by atoms with E-state index in [1.54, 1.807) is 0 Å². The van der Waals surface area contributed by atoms with E-state index in [2.05, 4.69) is 35.5 Å². The van der Waals surface area contributed by atoms with Crippen LogP contribution in [0.25, 0.3) is 0 Å². The summed E-state index contributed by atoms with van der Waals surface area (Å²) in [6.07, 6.45) is 4.58. The van der Waals surface area contributed by atoms with Crippen molar-refractivity contribution in [3.8, 4) is 0 Å². The van der Waals surface area contributed by atoms with Crippen molar-refractivity contribution >= 4 is 0 Å². The van der Waals surface area contributed by atoms with Crippen molar-refractivity contribution in [2.75, 3.05) is 0 Å². The van der Waals surface area contributed by atoms with Crippen LogP contribution in [0.3, 0.4) is 0 Å². The van der Waals surface area contributed by atoms with Crippen LogP contribution in [0.4, 0.5) is 0 Å². The molecule has 0 aliphatic heterocycles.